The summed E-state index contributed by atoms with van der Waals surface area (Å²) in [5.41, 5.74) is 5.94. The average Bonchev–Trinajstić information content (AvgIpc) is 2.29. The fraction of sp³-hybridized carbons (Fsp3) is 0.917. The highest BCUT2D eigenvalue weighted by Gasteiger charge is 2.34. The molecule has 0 aliphatic carbocycles. The van der Waals surface area contributed by atoms with Gasteiger partial charge in [-0.1, -0.05) is 0 Å². The Balaban J connectivity index is 2.61. The van der Waals surface area contributed by atoms with Gasteiger partial charge < -0.3 is 11.1 Å². The SMILES string of the molecule is CNC(=O)CC(CN)N1CCN(C)C(C)(C)C1. The van der Waals surface area contributed by atoms with E-state index in [9.17, 15) is 4.79 Å². The van der Waals surface area contributed by atoms with Crippen LogP contribution in [0.25, 0.3) is 0 Å². The van der Waals surface area contributed by atoms with Gasteiger partial charge in [0.1, 0.15) is 0 Å². The lowest BCUT2D eigenvalue weighted by Gasteiger charge is -2.47. The monoisotopic (exact) mass is 242 g/mol. The Morgan fingerprint density at radius 3 is 2.59 bits per heavy atom. The summed E-state index contributed by atoms with van der Waals surface area (Å²) in [6.45, 7) is 7.96. The molecule has 100 valence electrons. The van der Waals surface area contributed by atoms with Crippen LogP contribution in [-0.2, 0) is 4.79 Å². The zero-order chi connectivity index (χ0) is 13.1. The molecule has 1 rings (SSSR count). The number of rotatable bonds is 4. The molecule has 0 aromatic carbocycles. The van der Waals surface area contributed by atoms with Gasteiger partial charge in [0.25, 0.3) is 0 Å². The average molecular weight is 242 g/mol. The Labute approximate surface area is 104 Å². The minimum atomic E-state index is 0.0668. The number of likely N-dealkylation sites (N-methyl/N-ethyl adjacent to an activating group) is 1. The van der Waals surface area contributed by atoms with E-state index in [-0.39, 0.29) is 17.5 Å². The Hall–Kier alpha value is -0.650. The molecular formula is C12H26N4O. The molecule has 1 heterocycles. The van der Waals surface area contributed by atoms with Crippen LogP contribution in [0.2, 0.25) is 0 Å². The normalized spacial score (nSPS) is 23.4. The lowest BCUT2D eigenvalue weighted by molar-refractivity contribution is -0.122. The van der Waals surface area contributed by atoms with Crippen molar-refractivity contribution in [3.8, 4) is 0 Å². The Morgan fingerprint density at radius 1 is 1.47 bits per heavy atom. The first-order valence-electron chi connectivity index (χ1n) is 6.26. The molecule has 0 spiro atoms. The van der Waals surface area contributed by atoms with Gasteiger partial charge in [-0.15, -0.1) is 0 Å². The Kier molecular flexibility index (Phi) is 4.91. The molecule has 5 nitrogen and oxygen atoms in total. The third-order valence-electron chi connectivity index (χ3n) is 3.83. The summed E-state index contributed by atoms with van der Waals surface area (Å²) >= 11 is 0. The zero-order valence-corrected chi connectivity index (χ0v) is 11.5. The van der Waals surface area contributed by atoms with E-state index in [1.807, 2.05) is 0 Å². The van der Waals surface area contributed by atoms with Crippen LogP contribution < -0.4 is 11.1 Å². The molecule has 1 atom stereocenters. The summed E-state index contributed by atoms with van der Waals surface area (Å²) in [6, 6.07) is 0.155. The van der Waals surface area contributed by atoms with Crippen LogP contribution >= 0.6 is 0 Å². The van der Waals surface area contributed by atoms with Crippen molar-refractivity contribution in [1.29, 1.82) is 0 Å². The molecule has 3 N–H and O–H groups in total. The fourth-order valence-electron chi connectivity index (χ4n) is 2.27. The van der Waals surface area contributed by atoms with E-state index in [1.165, 1.54) is 0 Å². The second-order valence-electron chi connectivity index (χ2n) is 5.47. The highest BCUT2D eigenvalue weighted by molar-refractivity contribution is 5.76. The topological polar surface area (TPSA) is 61.6 Å². The third kappa shape index (κ3) is 3.66. The summed E-state index contributed by atoms with van der Waals surface area (Å²) in [4.78, 5) is 16.1. The van der Waals surface area contributed by atoms with Crippen molar-refractivity contribution >= 4 is 5.91 Å². The van der Waals surface area contributed by atoms with Gasteiger partial charge in [-0.05, 0) is 20.9 Å². The van der Waals surface area contributed by atoms with Crippen LogP contribution in [-0.4, -0.2) is 67.6 Å². The first-order chi connectivity index (χ1) is 7.90. The van der Waals surface area contributed by atoms with Crippen LogP contribution in [0.3, 0.4) is 0 Å². The summed E-state index contributed by atoms with van der Waals surface area (Å²) in [6.07, 6.45) is 0.493. The van der Waals surface area contributed by atoms with E-state index in [1.54, 1.807) is 7.05 Å². The predicted octanol–water partition coefficient (Wildman–Crippen LogP) is -0.524. The van der Waals surface area contributed by atoms with Crippen molar-refractivity contribution < 1.29 is 4.79 Å². The summed E-state index contributed by atoms with van der Waals surface area (Å²) < 4.78 is 0. The molecule has 0 bridgehead atoms. The first-order valence-corrected chi connectivity index (χ1v) is 6.26. The van der Waals surface area contributed by atoms with Crippen molar-refractivity contribution in [2.24, 2.45) is 5.73 Å². The molecule has 0 radical (unpaired) electrons. The number of hydrogen-bond acceptors (Lipinski definition) is 4. The summed E-state index contributed by atoms with van der Waals surface area (Å²) in [7, 11) is 3.82. The number of carbonyl (C=O) groups is 1. The van der Waals surface area contributed by atoms with E-state index in [0.717, 1.165) is 19.6 Å². The first kappa shape index (κ1) is 14.4. The van der Waals surface area contributed by atoms with Crippen LogP contribution in [0.15, 0.2) is 0 Å². The molecule has 0 saturated carbocycles. The van der Waals surface area contributed by atoms with Crippen molar-refractivity contribution in [2.45, 2.75) is 31.8 Å². The molecule has 0 aromatic rings. The molecule has 1 saturated heterocycles. The van der Waals surface area contributed by atoms with Gasteiger partial charge >= 0.3 is 0 Å². The molecule has 5 heteroatoms. The quantitative estimate of drug-likeness (QED) is 0.696. The van der Waals surface area contributed by atoms with E-state index in [2.05, 4.69) is 36.0 Å². The zero-order valence-electron chi connectivity index (χ0n) is 11.5. The van der Waals surface area contributed by atoms with Crippen LogP contribution in [0.1, 0.15) is 20.3 Å². The Bertz CT molecular complexity index is 267. The number of piperazine rings is 1. The van der Waals surface area contributed by atoms with Crippen molar-refractivity contribution in [3.63, 3.8) is 0 Å². The van der Waals surface area contributed by atoms with E-state index < -0.39 is 0 Å². The van der Waals surface area contributed by atoms with Gasteiger partial charge in [-0.3, -0.25) is 14.6 Å². The lowest BCUT2D eigenvalue weighted by Crippen LogP contribution is -2.61. The minimum Gasteiger partial charge on any atom is -0.359 e. The molecule has 0 aromatic heterocycles. The maximum absolute atomic E-state index is 11.4. The van der Waals surface area contributed by atoms with Gasteiger partial charge in [-0.2, -0.15) is 0 Å². The number of nitrogens with one attached hydrogen (secondary N) is 1. The van der Waals surface area contributed by atoms with Crippen LogP contribution in [0.4, 0.5) is 0 Å². The fourth-order valence-corrected chi connectivity index (χ4v) is 2.27. The number of nitrogens with two attached hydrogens (primary N) is 1. The van der Waals surface area contributed by atoms with Gasteiger partial charge in [0.15, 0.2) is 0 Å². The number of hydrogen-bond donors (Lipinski definition) is 2. The molecular weight excluding hydrogens is 216 g/mol. The smallest absolute Gasteiger partial charge is 0.221 e. The molecule has 1 unspecified atom stereocenters. The van der Waals surface area contributed by atoms with Gasteiger partial charge in [0.05, 0.1) is 0 Å². The predicted molar refractivity (Wildman–Crippen MR) is 69.8 cm³/mol. The van der Waals surface area contributed by atoms with Crippen molar-refractivity contribution in [1.82, 2.24) is 15.1 Å². The largest absolute Gasteiger partial charge is 0.359 e. The van der Waals surface area contributed by atoms with Gasteiger partial charge in [-0.25, -0.2) is 0 Å². The maximum atomic E-state index is 11.4. The van der Waals surface area contributed by atoms with Gasteiger partial charge in [0, 0.05) is 51.2 Å². The third-order valence-corrected chi connectivity index (χ3v) is 3.83. The van der Waals surface area contributed by atoms with E-state index in [4.69, 9.17) is 5.73 Å². The van der Waals surface area contributed by atoms with Crippen molar-refractivity contribution in [3.05, 3.63) is 0 Å². The summed E-state index contributed by atoms with van der Waals surface area (Å²) in [5, 5.41) is 2.67. The highest BCUT2D eigenvalue weighted by Crippen LogP contribution is 2.21. The van der Waals surface area contributed by atoms with Crippen LogP contribution in [0, 0.1) is 0 Å². The highest BCUT2D eigenvalue weighted by atomic mass is 16.1. The van der Waals surface area contributed by atoms with Gasteiger partial charge in [0.2, 0.25) is 5.91 Å². The summed E-state index contributed by atoms with van der Waals surface area (Å²) in [5.74, 6) is 0.0668. The van der Waals surface area contributed by atoms with Crippen molar-refractivity contribution in [2.75, 3.05) is 40.3 Å². The number of nitrogens with zero attached hydrogens (tertiary/aromatic N) is 2. The minimum absolute atomic E-state index is 0.0668. The van der Waals surface area contributed by atoms with E-state index in [0.29, 0.717) is 13.0 Å². The number of carbonyl (C=O) groups excluding carboxylic acids is 1. The molecule has 1 aliphatic heterocycles. The number of amides is 1. The standard InChI is InChI=1S/C12H26N4O/c1-12(2)9-16(6-5-15(12)4)10(8-13)7-11(17)14-3/h10H,5-9,13H2,1-4H3,(H,14,17). The molecule has 1 fully saturated rings. The lowest BCUT2D eigenvalue weighted by atomic mass is 9.97. The molecule has 1 amide bonds. The Morgan fingerprint density at radius 2 is 2.12 bits per heavy atom. The molecule has 1 aliphatic rings. The molecule has 17 heavy (non-hydrogen) atoms. The second kappa shape index (κ2) is 5.80. The van der Waals surface area contributed by atoms with E-state index >= 15 is 0 Å². The maximum Gasteiger partial charge on any atom is 0.221 e. The van der Waals surface area contributed by atoms with Crippen LogP contribution in [0.5, 0.6) is 0 Å². The second-order valence-corrected chi connectivity index (χ2v) is 5.47.